The second-order valence-corrected chi connectivity index (χ2v) is 2.56. The van der Waals surface area contributed by atoms with E-state index in [1.54, 1.807) is 0 Å². The van der Waals surface area contributed by atoms with Crippen LogP contribution in [0.4, 0.5) is 0 Å². The Kier molecular flexibility index (Phi) is 6.14. The predicted molar refractivity (Wildman–Crippen MR) is 24.8 cm³/mol. The second kappa shape index (κ2) is 3.51. The van der Waals surface area contributed by atoms with Gasteiger partial charge in [0.05, 0.1) is 0 Å². The maximum Gasteiger partial charge on any atom is 0 e. The fourth-order valence-corrected chi connectivity index (χ4v) is 0. The first-order valence-corrected chi connectivity index (χ1v) is 1.85. The maximum absolute atomic E-state index is 3.77. The fourth-order valence-electron chi connectivity index (χ4n) is 0. The van der Waals surface area contributed by atoms with Gasteiger partial charge in [0.15, 0.2) is 0 Å². The minimum Gasteiger partial charge on any atom is -0.338 e. The molecule has 0 heterocycles. The van der Waals surface area contributed by atoms with Gasteiger partial charge in [0.1, 0.15) is 0 Å². The van der Waals surface area contributed by atoms with E-state index in [4.69, 9.17) is 0 Å². The van der Waals surface area contributed by atoms with Gasteiger partial charge in [0.25, 0.3) is 0 Å². The number of hydrogen-bond donors (Lipinski definition) is 0. The van der Waals surface area contributed by atoms with Crippen LogP contribution in [0.15, 0.2) is 0 Å². The van der Waals surface area contributed by atoms with Crippen LogP contribution in [0.25, 0.3) is 0 Å². The zero-order valence-corrected chi connectivity index (χ0v) is 6.19. The largest absolute Gasteiger partial charge is 0.338 e. The van der Waals surface area contributed by atoms with Crippen LogP contribution < -0.4 is 0 Å². The van der Waals surface area contributed by atoms with E-state index in [9.17, 15) is 0 Å². The summed E-state index contributed by atoms with van der Waals surface area (Å²) >= 11 is 0. The molecule has 1 heteroatoms. The topological polar surface area (TPSA) is 0 Å². The molecule has 0 unspecified atom stereocenters. The predicted octanol–water partition coefficient (Wildman–Crippen LogP) is 1.87. The van der Waals surface area contributed by atoms with E-state index in [2.05, 4.69) is 27.7 Å². The Morgan fingerprint density at radius 3 is 1.17 bits per heavy atom. The SMILES string of the molecule is [CH2-]C(C)(C)C.[Yb]. The summed E-state index contributed by atoms with van der Waals surface area (Å²) in [5.41, 5.74) is 0.250. The average Bonchev–Trinajstić information content (AvgIpc) is 0.722. The van der Waals surface area contributed by atoms with E-state index >= 15 is 0 Å². The van der Waals surface area contributed by atoms with Crippen LogP contribution in [-0.4, -0.2) is 0 Å². The molecule has 0 bridgehead atoms. The van der Waals surface area contributed by atoms with Crippen molar-refractivity contribution in [1.29, 1.82) is 0 Å². The number of rotatable bonds is 0. The van der Waals surface area contributed by atoms with E-state index in [1.807, 2.05) is 0 Å². The molecule has 46 valence electrons. The van der Waals surface area contributed by atoms with Gasteiger partial charge in [-0.15, -0.1) is 0 Å². The monoisotopic (exact) mass is 245 g/mol. The Morgan fingerprint density at radius 2 is 1.17 bits per heavy atom. The molecule has 0 aliphatic heterocycles. The van der Waals surface area contributed by atoms with Crippen molar-refractivity contribution in [2.75, 3.05) is 0 Å². The van der Waals surface area contributed by atoms with Crippen LogP contribution in [-0.2, 0) is 0 Å². The quantitative estimate of drug-likeness (QED) is 0.571. The summed E-state index contributed by atoms with van der Waals surface area (Å²) < 4.78 is 0. The van der Waals surface area contributed by atoms with Crippen molar-refractivity contribution >= 4 is 0 Å². The summed E-state index contributed by atoms with van der Waals surface area (Å²) in [4.78, 5) is 0. The summed E-state index contributed by atoms with van der Waals surface area (Å²) in [6.45, 7) is 10.0. The average molecular weight is 244 g/mol. The Morgan fingerprint density at radius 1 is 1.17 bits per heavy atom. The Balaban J connectivity index is 0. The van der Waals surface area contributed by atoms with E-state index < -0.39 is 0 Å². The van der Waals surface area contributed by atoms with Gasteiger partial charge < -0.3 is 6.92 Å². The van der Waals surface area contributed by atoms with Gasteiger partial charge in [-0.3, -0.25) is 0 Å². The van der Waals surface area contributed by atoms with E-state index in [0.29, 0.717) is 0 Å². The molecule has 0 N–H and O–H groups in total. The molecule has 0 rings (SSSR count). The van der Waals surface area contributed by atoms with Crippen LogP contribution >= 0.6 is 0 Å². The van der Waals surface area contributed by atoms with Gasteiger partial charge in [-0.2, -0.15) is 5.41 Å². The zero-order valence-electron chi connectivity index (χ0n) is 4.47. The van der Waals surface area contributed by atoms with Crippen LogP contribution in [0.3, 0.4) is 0 Å². The van der Waals surface area contributed by atoms with Crippen molar-refractivity contribution in [2.45, 2.75) is 20.8 Å². The van der Waals surface area contributed by atoms with Gasteiger partial charge in [-0.1, -0.05) is 20.8 Å². The normalized spacial score (nSPS) is 10.0. The Labute approximate surface area is 78.9 Å². The molecule has 0 aliphatic carbocycles. The van der Waals surface area contributed by atoms with Crippen molar-refractivity contribution in [3.63, 3.8) is 0 Å². The minimum atomic E-state index is 0. The molecular formula is C5H11Yb-. The maximum atomic E-state index is 3.77. The van der Waals surface area contributed by atoms with Gasteiger partial charge in [-0.05, 0) is 0 Å². The van der Waals surface area contributed by atoms with E-state index in [0.717, 1.165) is 0 Å². The molecule has 0 saturated carbocycles. The van der Waals surface area contributed by atoms with Crippen molar-refractivity contribution in [1.82, 2.24) is 0 Å². The molecule has 0 spiro atoms. The Bertz CT molecular complexity index is 19.4. The summed E-state index contributed by atoms with van der Waals surface area (Å²) in [7, 11) is 0. The molecule has 0 fully saturated rings. The third-order valence-electron chi connectivity index (χ3n) is 0. The molecule has 0 nitrogen and oxygen atoms in total. The molecule has 0 radical (unpaired) electrons. The summed E-state index contributed by atoms with van der Waals surface area (Å²) in [6.07, 6.45) is 0. The van der Waals surface area contributed by atoms with E-state index in [1.165, 1.54) is 0 Å². The molecule has 0 aromatic rings. The molecule has 0 atom stereocenters. The van der Waals surface area contributed by atoms with Gasteiger partial charge >= 0.3 is 0 Å². The van der Waals surface area contributed by atoms with Crippen LogP contribution in [0.5, 0.6) is 0 Å². The summed E-state index contributed by atoms with van der Waals surface area (Å²) in [5.74, 6) is 0. The number of hydrogen-bond acceptors (Lipinski definition) is 0. The van der Waals surface area contributed by atoms with Crippen LogP contribution in [0.2, 0.25) is 0 Å². The third-order valence-corrected chi connectivity index (χ3v) is 0. The van der Waals surface area contributed by atoms with Gasteiger partial charge in [0.2, 0.25) is 0 Å². The molecule has 6 heavy (non-hydrogen) atoms. The summed E-state index contributed by atoms with van der Waals surface area (Å²) in [6, 6.07) is 0. The molecule has 0 aromatic carbocycles. The van der Waals surface area contributed by atoms with Gasteiger partial charge in [-0.25, -0.2) is 0 Å². The first kappa shape index (κ1) is 10.5. The fraction of sp³-hybridized carbons (Fsp3) is 0.800. The molecule has 0 amide bonds. The smallest absolute Gasteiger partial charge is 0 e. The van der Waals surface area contributed by atoms with Crippen LogP contribution in [0.1, 0.15) is 20.8 Å². The van der Waals surface area contributed by atoms with Crippen molar-refractivity contribution in [3.05, 3.63) is 6.92 Å². The van der Waals surface area contributed by atoms with Crippen molar-refractivity contribution < 1.29 is 46.9 Å². The van der Waals surface area contributed by atoms with Crippen molar-refractivity contribution in [2.24, 2.45) is 5.41 Å². The van der Waals surface area contributed by atoms with E-state index in [-0.39, 0.29) is 52.3 Å². The second-order valence-electron chi connectivity index (χ2n) is 2.56. The molecule has 0 saturated heterocycles. The molecule has 0 aliphatic rings. The van der Waals surface area contributed by atoms with Crippen molar-refractivity contribution in [3.8, 4) is 0 Å². The Hall–Kier alpha value is 1.52. The summed E-state index contributed by atoms with van der Waals surface area (Å²) in [5, 5.41) is 0. The van der Waals surface area contributed by atoms with Crippen LogP contribution in [0, 0.1) is 59.3 Å². The minimum absolute atomic E-state index is 0. The molecule has 0 aromatic heterocycles. The zero-order chi connectivity index (χ0) is 4.50. The first-order valence-electron chi connectivity index (χ1n) is 1.85. The third kappa shape index (κ3) is 48.8. The first-order chi connectivity index (χ1) is 2.00. The molecular weight excluding hydrogens is 233 g/mol. The standard InChI is InChI=1S/C5H11.Yb/c1-5(2,3)4;/h1H2,2-4H3;/q-1;. The van der Waals surface area contributed by atoms with Gasteiger partial charge in [0, 0.05) is 46.9 Å².